The lowest BCUT2D eigenvalue weighted by Gasteiger charge is -2.18. The van der Waals surface area contributed by atoms with E-state index in [1.54, 1.807) is 25.5 Å². The molecule has 2 rings (SSSR count). The molecule has 1 aromatic carbocycles. The van der Waals surface area contributed by atoms with Gasteiger partial charge in [0.25, 0.3) is 11.6 Å². The summed E-state index contributed by atoms with van der Waals surface area (Å²) >= 11 is 0. The second-order valence-corrected chi connectivity index (χ2v) is 5.00. The number of amides is 1. The Kier molecular flexibility index (Phi) is 5.31. The van der Waals surface area contributed by atoms with Crippen molar-refractivity contribution in [2.24, 2.45) is 0 Å². The summed E-state index contributed by atoms with van der Waals surface area (Å²) in [4.78, 5) is 28.7. The molecule has 8 heteroatoms. The van der Waals surface area contributed by atoms with Gasteiger partial charge in [0, 0.05) is 32.1 Å². The highest BCUT2D eigenvalue weighted by atomic mass is 16.6. The van der Waals surface area contributed by atoms with Crippen LogP contribution in [0.5, 0.6) is 11.5 Å². The van der Waals surface area contributed by atoms with Gasteiger partial charge in [0.05, 0.1) is 25.2 Å². The molecular formula is C16H17N3O5. The predicted octanol–water partition coefficient (Wildman–Crippen LogP) is 2.28. The van der Waals surface area contributed by atoms with Crippen molar-refractivity contribution < 1.29 is 19.2 Å². The lowest BCUT2D eigenvalue weighted by atomic mass is 10.1. The van der Waals surface area contributed by atoms with E-state index in [4.69, 9.17) is 9.47 Å². The number of benzene rings is 1. The Labute approximate surface area is 138 Å². The van der Waals surface area contributed by atoms with Gasteiger partial charge in [-0.1, -0.05) is 6.07 Å². The molecule has 0 fully saturated rings. The van der Waals surface area contributed by atoms with Crippen molar-refractivity contribution >= 4 is 11.6 Å². The average molecular weight is 331 g/mol. The summed E-state index contributed by atoms with van der Waals surface area (Å²) in [5.74, 6) is -0.0524. The first-order valence-electron chi connectivity index (χ1n) is 7.02. The predicted molar refractivity (Wildman–Crippen MR) is 86.2 cm³/mol. The molecule has 0 spiro atoms. The maximum absolute atomic E-state index is 12.6. The SMILES string of the molecule is COc1cc(C(=O)N(C)Cc2cccnc2)c([N+](=O)[O-])cc1OC. The topological polar surface area (TPSA) is 94.8 Å². The van der Waals surface area contributed by atoms with Crippen LogP contribution in [0, 0.1) is 10.1 Å². The molecule has 0 N–H and O–H groups in total. The summed E-state index contributed by atoms with van der Waals surface area (Å²) in [7, 11) is 4.34. The van der Waals surface area contributed by atoms with E-state index in [9.17, 15) is 14.9 Å². The number of nitro groups is 1. The van der Waals surface area contributed by atoms with Gasteiger partial charge in [0.15, 0.2) is 11.5 Å². The maximum Gasteiger partial charge on any atom is 0.286 e. The van der Waals surface area contributed by atoms with Crippen LogP contribution < -0.4 is 9.47 Å². The molecule has 0 bridgehead atoms. The maximum atomic E-state index is 12.6. The zero-order valence-corrected chi connectivity index (χ0v) is 13.6. The zero-order valence-electron chi connectivity index (χ0n) is 13.6. The Morgan fingerprint density at radius 1 is 1.29 bits per heavy atom. The largest absolute Gasteiger partial charge is 0.493 e. The highest BCUT2D eigenvalue weighted by Gasteiger charge is 2.26. The second kappa shape index (κ2) is 7.40. The first-order valence-corrected chi connectivity index (χ1v) is 7.02. The lowest BCUT2D eigenvalue weighted by molar-refractivity contribution is -0.385. The molecule has 0 aliphatic rings. The Bertz CT molecular complexity index is 749. The number of pyridine rings is 1. The molecule has 0 aliphatic heterocycles. The number of carbonyl (C=O) groups is 1. The summed E-state index contributed by atoms with van der Waals surface area (Å²) < 4.78 is 10.2. The third-order valence-corrected chi connectivity index (χ3v) is 3.42. The molecule has 0 atom stereocenters. The fourth-order valence-electron chi connectivity index (χ4n) is 2.23. The van der Waals surface area contributed by atoms with Crippen molar-refractivity contribution in [1.29, 1.82) is 0 Å². The molecule has 2 aromatic rings. The number of ether oxygens (including phenoxy) is 2. The summed E-state index contributed by atoms with van der Waals surface area (Å²) in [6, 6.07) is 6.08. The molecule has 0 radical (unpaired) electrons. The minimum Gasteiger partial charge on any atom is -0.493 e. The third kappa shape index (κ3) is 3.60. The van der Waals surface area contributed by atoms with E-state index in [0.29, 0.717) is 0 Å². The van der Waals surface area contributed by atoms with Crippen LogP contribution >= 0.6 is 0 Å². The molecule has 0 aliphatic carbocycles. The average Bonchev–Trinajstić information content (AvgIpc) is 2.60. The number of aromatic nitrogens is 1. The number of hydrogen-bond acceptors (Lipinski definition) is 6. The van der Waals surface area contributed by atoms with Gasteiger partial charge in [-0.25, -0.2) is 0 Å². The van der Waals surface area contributed by atoms with Crippen LogP contribution in [0.3, 0.4) is 0 Å². The fourth-order valence-corrected chi connectivity index (χ4v) is 2.23. The zero-order chi connectivity index (χ0) is 17.7. The number of methoxy groups -OCH3 is 2. The number of rotatable bonds is 6. The first kappa shape index (κ1) is 17.2. The highest BCUT2D eigenvalue weighted by Crippen LogP contribution is 2.35. The van der Waals surface area contributed by atoms with E-state index in [0.717, 1.165) is 5.56 Å². The Balaban J connectivity index is 2.38. The van der Waals surface area contributed by atoms with Crippen LogP contribution in [0.1, 0.15) is 15.9 Å². The van der Waals surface area contributed by atoms with Gasteiger partial charge < -0.3 is 14.4 Å². The first-order chi connectivity index (χ1) is 11.5. The van der Waals surface area contributed by atoms with E-state index in [-0.39, 0.29) is 29.3 Å². The Hall–Kier alpha value is -3.16. The molecule has 0 saturated heterocycles. The molecule has 0 saturated carbocycles. The van der Waals surface area contributed by atoms with Gasteiger partial charge in [-0.2, -0.15) is 0 Å². The normalized spacial score (nSPS) is 10.1. The van der Waals surface area contributed by atoms with Crippen molar-refractivity contribution in [3.05, 3.63) is 57.9 Å². The van der Waals surface area contributed by atoms with Gasteiger partial charge >= 0.3 is 0 Å². The summed E-state index contributed by atoms with van der Waals surface area (Å²) in [6.45, 7) is 0.276. The fraction of sp³-hybridized carbons (Fsp3) is 0.250. The third-order valence-electron chi connectivity index (χ3n) is 3.42. The van der Waals surface area contributed by atoms with Crippen molar-refractivity contribution in [3.63, 3.8) is 0 Å². The Morgan fingerprint density at radius 3 is 2.50 bits per heavy atom. The number of nitrogens with zero attached hydrogens (tertiary/aromatic N) is 3. The van der Waals surface area contributed by atoms with Crippen LogP contribution in [-0.4, -0.2) is 42.0 Å². The van der Waals surface area contributed by atoms with Crippen molar-refractivity contribution in [2.45, 2.75) is 6.54 Å². The van der Waals surface area contributed by atoms with Gasteiger partial charge in [0.2, 0.25) is 0 Å². The quantitative estimate of drug-likeness (QED) is 0.595. The second-order valence-electron chi connectivity index (χ2n) is 5.00. The highest BCUT2D eigenvalue weighted by molar-refractivity contribution is 5.98. The van der Waals surface area contributed by atoms with Gasteiger partial charge in [-0.05, 0) is 11.6 Å². The van der Waals surface area contributed by atoms with Crippen molar-refractivity contribution in [2.75, 3.05) is 21.3 Å². The van der Waals surface area contributed by atoms with Crippen LogP contribution in [0.2, 0.25) is 0 Å². The van der Waals surface area contributed by atoms with E-state index in [1.807, 2.05) is 6.07 Å². The van der Waals surface area contributed by atoms with Crippen LogP contribution in [0.25, 0.3) is 0 Å². The monoisotopic (exact) mass is 331 g/mol. The number of nitro benzene ring substituents is 1. The number of hydrogen-bond donors (Lipinski definition) is 0. The van der Waals surface area contributed by atoms with E-state index in [2.05, 4.69) is 4.98 Å². The molecule has 1 aromatic heterocycles. The van der Waals surface area contributed by atoms with Crippen LogP contribution in [0.4, 0.5) is 5.69 Å². The van der Waals surface area contributed by atoms with Gasteiger partial charge in [-0.15, -0.1) is 0 Å². The molecule has 126 valence electrons. The van der Waals surface area contributed by atoms with Crippen LogP contribution in [0.15, 0.2) is 36.7 Å². The van der Waals surface area contributed by atoms with Crippen LogP contribution in [-0.2, 0) is 6.54 Å². The van der Waals surface area contributed by atoms with Gasteiger partial charge in [-0.3, -0.25) is 19.9 Å². The molecular weight excluding hydrogens is 314 g/mol. The van der Waals surface area contributed by atoms with Crippen molar-refractivity contribution in [3.8, 4) is 11.5 Å². The molecule has 1 heterocycles. The lowest BCUT2D eigenvalue weighted by Crippen LogP contribution is -2.27. The van der Waals surface area contributed by atoms with Crippen molar-refractivity contribution in [1.82, 2.24) is 9.88 Å². The van der Waals surface area contributed by atoms with E-state index in [1.165, 1.54) is 31.3 Å². The van der Waals surface area contributed by atoms with E-state index < -0.39 is 10.8 Å². The standard InChI is InChI=1S/C16H17N3O5/c1-18(10-11-5-4-6-17-9-11)16(20)12-7-14(23-2)15(24-3)8-13(12)19(21)22/h4-9H,10H2,1-3H3. The molecule has 8 nitrogen and oxygen atoms in total. The number of carbonyl (C=O) groups excluding carboxylic acids is 1. The van der Waals surface area contributed by atoms with E-state index >= 15 is 0 Å². The Morgan fingerprint density at radius 2 is 1.96 bits per heavy atom. The minimum atomic E-state index is -0.618. The summed E-state index contributed by atoms with van der Waals surface area (Å²) in [6.07, 6.45) is 3.26. The van der Waals surface area contributed by atoms with Gasteiger partial charge in [0.1, 0.15) is 5.56 Å². The smallest absolute Gasteiger partial charge is 0.286 e. The molecule has 24 heavy (non-hydrogen) atoms. The minimum absolute atomic E-state index is 0.0657. The molecule has 0 unspecified atom stereocenters. The summed E-state index contributed by atoms with van der Waals surface area (Å²) in [5.41, 5.74) is 0.413. The molecule has 1 amide bonds. The summed E-state index contributed by atoms with van der Waals surface area (Å²) in [5, 5.41) is 11.3.